The maximum Gasteiger partial charge on any atom is 0.197 e. The molecule has 0 fully saturated rings. The summed E-state index contributed by atoms with van der Waals surface area (Å²) in [5, 5.41) is 0.586. The molecule has 1 aliphatic rings. The van der Waals surface area contributed by atoms with Crippen molar-refractivity contribution in [3.63, 3.8) is 0 Å². The fourth-order valence-electron chi connectivity index (χ4n) is 2.58. The van der Waals surface area contributed by atoms with Gasteiger partial charge in [0.05, 0.1) is 12.2 Å². The summed E-state index contributed by atoms with van der Waals surface area (Å²) in [6.45, 7) is 4.59. The van der Waals surface area contributed by atoms with Crippen molar-refractivity contribution in [2.24, 2.45) is 0 Å². The van der Waals surface area contributed by atoms with Gasteiger partial charge in [-0.25, -0.2) is 0 Å². The number of aryl methyl sites for hydroxylation is 1. The van der Waals surface area contributed by atoms with E-state index in [0.29, 0.717) is 28.5 Å². The van der Waals surface area contributed by atoms with Crippen LogP contribution in [0, 0.1) is 13.8 Å². The zero-order chi connectivity index (χ0) is 14.3. The second kappa shape index (κ2) is 4.95. The number of hydrogen-bond donors (Lipinski definition) is 0. The van der Waals surface area contributed by atoms with Crippen molar-refractivity contribution in [2.75, 3.05) is 6.61 Å². The number of fused-ring (bicyclic) bond motifs is 1. The minimum atomic E-state index is -0.0214. The summed E-state index contributed by atoms with van der Waals surface area (Å²) >= 11 is 6.12. The molecule has 0 radical (unpaired) electrons. The van der Waals surface area contributed by atoms with Gasteiger partial charge >= 0.3 is 0 Å². The molecule has 0 amide bonds. The summed E-state index contributed by atoms with van der Waals surface area (Å²) in [7, 11) is 0. The Balaban J connectivity index is 2.14. The van der Waals surface area contributed by atoms with Gasteiger partial charge in [0.2, 0.25) is 0 Å². The van der Waals surface area contributed by atoms with E-state index in [-0.39, 0.29) is 5.78 Å². The molecular weight excluding hydrogens is 272 g/mol. The summed E-state index contributed by atoms with van der Waals surface area (Å²) < 4.78 is 5.62. The molecule has 2 aromatic carbocycles. The Bertz CT molecular complexity index is 704. The van der Waals surface area contributed by atoms with E-state index < -0.39 is 0 Å². The van der Waals surface area contributed by atoms with Crippen LogP contribution in [0.5, 0.6) is 5.75 Å². The Kier molecular flexibility index (Phi) is 3.27. The molecule has 0 spiro atoms. The van der Waals surface area contributed by atoms with Gasteiger partial charge in [-0.2, -0.15) is 0 Å². The van der Waals surface area contributed by atoms with Crippen LogP contribution in [0.2, 0.25) is 5.02 Å². The molecule has 0 atom stereocenters. The predicted molar refractivity (Wildman–Crippen MR) is 80.0 cm³/mol. The first-order chi connectivity index (χ1) is 9.58. The minimum Gasteiger partial charge on any atom is -0.492 e. The maximum atomic E-state index is 12.8. The Hall–Kier alpha value is -1.80. The summed E-state index contributed by atoms with van der Waals surface area (Å²) in [6.07, 6.45) is 0.809. The molecule has 0 N–H and O–H groups in total. The van der Waals surface area contributed by atoms with Gasteiger partial charge in [-0.05, 0) is 42.7 Å². The normalized spacial score (nSPS) is 12.9. The van der Waals surface area contributed by atoms with Crippen molar-refractivity contribution in [2.45, 2.75) is 20.3 Å². The van der Waals surface area contributed by atoms with E-state index in [1.807, 2.05) is 38.1 Å². The number of rotatable bonds is 2. The van der Waals surface area contributed by atoms with Crippen LogP contribution >= 0.6 is 11.6 Å². The highest BCUT2D eigenvalue weighted by Gasteiger charge is 2.23. The van der Waals surface area contributed by atoms with E-state index in [2.05, 4.69) is 0 Å². The van der Waals surface area contributed by atoms with Crippen molar-refractivity contribution >= 4 is 17.4 Å². The van der Waals surface area contributed by atoms with Crippen LogP contribution in [0.15, 0.2) is 30.3 Å². The maximum absolute atomic E-state index is 12.8. The number of benzene rings is 2. The average Bonchev–Trinajstić information content (AvgIpc) is 2.88. The number of halogens is 1. The lowest BCUT2D eigenvalue weighted by molar-refractivity contribution is 0.103. The minimum absolute atomic E-state index is 0.0214. The Morgan fingerprint density at radius 3 is 2.80 bits per heavy atom. The van der Waals surface area contributed by atoms with Crippen molar-refractivity contribution < 1.29 is 9.53 Å². The van der Waals surface area contributed by atoms with Crippen LogP contribution in [0.1, 0.15) is 32.6 Å². The lowest BCUT2D eigenvalue weighted by atomic mass is 9.94. The van der Waals surface area contributed by atoms with Crippen LogP contribution in [0.3, 0.4) is 0 Å². The van der Waals surface area contributed by atoms with Gasteiger partial charge in [0.15, 0.2) is 5.78 Å². The molecule has 1 aliphatic heterocycles. The molecule has 0 saturated heterocycles. The van der Waals surface area contributed by atoms with Crippen LogP contribution in [0.25, 0.3) is 0 Å². The first kappa shape index (κ1) is 13.2. The summed E-state index contributed by atoms with van der Waals surface area (Å²) in [5.41, 5.74) is 4.41. The third-order valence-electron chi connectivity index (χ3n) is 3.84. The number of hydrogen-bond acceptors (Lipinski definition) is 2. The van der Waals surface area contributed by atoms with Gasteiger partial charge in [-0.1, -0.05) is 29.8 Å². The number of carbonyl (C=O) groups is 1. The van der Waals surface area contributed by atoms with Crippen LogP contribution in [-0.2, 0) is 6.42 Å². The van der Waals surface area contributed by atoms with Crippen LogP contribution in [-0.4, -0.2) is 12.4 Å². The molecule has 1 heterocycles. The highest BCUT2D eigenvalue weighted by atomic mass is 35.5. The summed E-state index contributed by atoms with van der Waals surface area (Å²) in [5.74, 6) is 0.673. The third-order valence-corrected chi connectivity index (χ3v) is 4.06. The molecule has 102 valence electrons. The van der Waals surface area contributed by atoms with Crippen molar-refractivity contribution in [1.82, 2.24) is 0 Å². The zero-order valence-corrected chi connectivity index (χ0v) is 12.3. The monoisotopic (exact) mass is 286 g/mol. The highest BCUT2D eigenvalue weighted by Crippen LogP contribution is 2.34. The predicted octanol–water partition coefficient (Wildman–Crippen LogP) is 4.12. The number of carbonyl (C=O) groups excluding carboxylic acids is 1. The molecule has 0 bridgehead atoms. The molecule has 0 aliphatic carbocycles. The topological polar surface area (TPSA) is 26.3 Å². The molecule has 3 rings (SSSR count). The third kappa shape index (κ3) is 2.10. The Morgan fingerprint density at radius 2 is 2.00 bits per heavy atom. The van der Waals surface area contributed by atoms with E-state index in [1.54, 1.807) is 6.07 Å². The molecule has 20 heavy (non-hydrogen) atoms. The van der Waals surface area contributed by atoms with Gasteiger partial charge in [-0.15, -0.1) is 0 Å². The van der Waals surface area contributed by atoms with Gasteiger partial charge in [0.1, 0.15) is 5.75 Å². The smallest absolute Gasteiger partial charge is 0.197 e. The highest BCUT2D eigenvalue weighted by molar-refractivity contribution is 6.31. The first-order valence-electron chi connectivity index (χ1n) is 6.64. The van der Waals surface area contributed by atoms with E-state index in [9.17, 15) is 4.79 Å². The van der Waals surface area contributed by atoms with E-state index in [4.69, 9.17) is 16.3 Å². The lowest BCUT2D eigenvalue weighted by Crippen LogP contribution is -2.06. The molecule has 2 aromatic rings. The fraction of sp³-hybridized carbons (Fsp3) is 0.235. The molecule has 0 aromatic heterocycles. The molecule has 3 heteroatoms. The Labute approximate surface area is 123 Å². The standard InChI is InChI=1S/C17H15ClO2/c1-10-4-3-5-14(11(10)2)16(19)15-9-13(18)8-12-6-7-20-17(12)15/h3-5,8-9H,6-7H2,1-2H3. The van der Waals surface area contributed by atoms with Crippen molar-refractivity contribution in [3.05, 3.63) is 63.2 Å². The lowest BCUT2D eigenvalue weighted by Gasteiger charge is -2.11. The van der Waals surface area contributed by atoms with E-state index in [1.165, 1.54) is 0 Å². The summed E-state index contributed by atoms with van der Waals surface area (Å²) in [4.78, 5) is 12.8. The largest absolute Gasteiger partial charge is 0.492 e. The zero-order valence-electron chi connectivity index (χ0n) is 11.5. The van der Waals surface area contributed by atoms with Crippen molar-refractivity contribution in [3.8, 4) is 5.75 Å². The van der Waals surface area contributed by atoms with Crippen LogP contribution in [0.4, 0.5) is 0 Å². The second-order valence-electron chi connectivity index (χ2n) is 5.12. The number of ketones is 1. The molecule has 0 saturated carbocycles. The second-order valence-corrected chi connectivity index (χ2v) is 5.55. The molecule has 2 nitrogen and oxygen atoms in total. The molecule has 0 unspecified atom stereocenters. The average molecular weight is 287 g/mol. The van der Waals surface area contributed by atoms with E-state index >= 15 is 0 Å². The van der Waals surface area contributed by atoms with Gasteiger partial charge in [0, 0.05) is 17.0 Å². The van der Waals surface area contributed by atoms with Gasteiger partial charge in [0.25, 0.3) is 0 Å². The Morgan fingerprint density at radius 1 is 1.20 bits per heavy atom. The quantitative estimate of drug-likeness (QED) is 0.776. The van der Waals surface area contributed by atoms with Crippen LogP contribution < -0.4 is 4.74 Å². The molecular formula is C17H15ClO2. The fourth-order valence-corrected chi connectivity index (χ4v) is 2.82. The first-order valence-corrected chi connectivity index (χ1v) is 7.02. The van der Waals surface area contributed by atoms with Gasteiger partial charge in [-0.3, -0.25) is 4.79 Å². The summed E-state index contributed by atoms with van der Waals surface area (Å²) in [6, 6.07) is 9.35. The number of ether oxygens (including phenoxy) is 1. The SMILES string of the molecule is Cc1cccc(C(=O)c2cc(Cl)cc3c2OCC3)c1C. The van der Waals surface area contributed by atoms with E-state index in [0.717, 1.165) is 23.1 Å². The van der Waals surface area contributed by atoms with Crippen molar-refractivity contribution in [1.29, 1.82) is 0 Å². The van der Waals surface area contributed by atoms with Gasteiger partial charge < -0.3 is 4.74 Å².